The third-order valence-corrected chi connectivity index (χ3v) is 1.86. The van der Waals surface area contributed by atoms with Crippen molar-refractivity contribution in [3.8, 4) is 11.5 Å². The van der Waals surface area contributed by atoms with E-state index >= 15 is 0 Å². The lowest BCUT2D eigenvalue weighted by Gasteiger charge is -2.12. The average molecular weight is 243 g/mol. The minimum absolute atomic E-state index is 0.137. The van der Waals surface area contributed by atoms with Gasteiger partial charge in [-0.3, -0.25) is 4.79 Å². The number of ether oxygens (including phenoxy) is 2. The lowest BCUT2D eigenvalue weighted by molar-refractivity contribution is -0.113. The number of alkyl halides is 2. The summed E-state index contributed by atoms with van der Waals surface area (Å²) in [6.45, 7) is -2.98. The van der Waals surface area contributed by atoms with Crippen molar-refractivity contribution in [1.29, 1.82) is 0 Å². The number of nitrogens with two attached hydrogens (primary N) is 1. The monoisotopic (exact) mass is 243 g/mol. The van der Waals surface area contributed by atoms with Crippen LogP contribution in [0.2, 0.25) is 0 Å². The molecule has 0 aliphatic heterocycles. The van der Waals surface area contributed by atoms with Crippen molar-refractivity contribution in [2.24, 2.45) is 5.73 Å². The van der Waals surface area contributed by atoms with Gasteiger partial charge < -0.3 is 15.2 Å². The van der Waals surface area contributed by atoms with Gasteiger partial charge in [0.1, 0.15) is 0 Å². The van der Waals surface area contributed by atoms with Crippen LogP contribution >= 0.6 is 0 Å². The molecular weight excluding hydrogens is 232 g/mol. The second kappa shape index (κ2) is 5.83. The molecule has 17 heavy (non-hydrogen) atoms. The Bertz CT molecular complexity index is 433. The van der Waals surface area contributed by atoms with Crippen LogP contribution in [0.15, 0.2) is 24.3 Å². The third kappa shape index (κ3) is 3.75. The van der Waals surface area contributed by atoms with Crippen LogP contribution in [0.3, 0.4) is 0 Å². The average Bonchev–Trinajstić information content (AvgIpc) is 2.26. The Balaban J connectivity index is 3.14. The molecule has 0 saturated carbocycles. The van der Waals surface area contributed by atoms with Crippen LogP contribution in [0, 0.1) is 0 Å². The van der Waals surface area contributed by atoms with E-state index in [1.165, 1.54) is 25.3 Å². The van der Waals surface area contributed by atoms with Gasteiger partial charge in [0.15, 0.2) is 11.5 Å². The van der Waals surface area contributed by atoms with Crippen molar-refractivity contribution < 1.29 is 23.0 Å². The highest BCUT2D eigenvalue weighted by molar-refractivity contribution is 5.90. The molecule has 0 spiro atoms. The van der Waals surface area contributed by atoms with Crippen LogP contribution in [0.25, 0.3) is 6.08 Å². The summed E-state index contributed by atoms with van der Waals surface area (Å²) in [5, 5.41) is 0. The molecule has 92 valence electrons. The van der Waals surface area contributed by atoms with Crippen molar-refractivity contribution in [3.05, 3.63) is 29.8 Å². The molecule has 0 fully saturated rings. The Kier molecular flexibility index (Phi) is 4.45. The Morgan fingerprint density at radius 3 is 2.71 bits per heavy atom. The number of halogens is 2. The maximum atomic E-state index is 12.2. The summed E-state index contributed by atoms with van der Waals surface area (Å²) in [4.78, 5) is 10.6. The van der Waals surface area contributed by atoms with E-state index in [0.29, 0.717) is 0 Å². The van der Waals surface area contributed by atoms with E-state index in [1.807, 2.05) is 0 Å². The maximum Gasteiger partial charge on any atom is 0.387 e. The van der Waals surface area contributed by atoms with Crippen LogP contribution in [0.5, 0.6) is 11.5 Å². The highest BCUT2D eigenvalue weighted by atomic mass is 19.3. The molecule has 1 amide bonds. The number of carbonyl (C=O) groups excluding carboxylic acids is 1. The first-order chi connectivity index (χ1) is 8.04. The molecule has 0 bridgehead atoms. The largest absolute Gasteiger partial charge is 0.493 e. The van der Waals surface area contributed by atoms with E-state index in [2.05, 4.69) is 4.74 Å². The molecule has 2 N–H and O–H groups in total. The number of para-hydroxylation sites is 1. The van der Waals surface area contributed by atoms with E-state index in [4.69, 9.17) is 10.5 Å². The van der Waals surface area contributed by atoms with Crippen molar-refractivity contribution >= 4 is 12.0 Å². The summed E-state index contributed by atoms with van der Waals surface area (Å²) in [6, 6.07) is 4.55. The quantitative estimate of drug-likeness (QED) is 0.802. The first-order valence-electron chi connectivity index (χ1n) is 4.64. The molecule has 1 aromatic rings. The Morgan fingerprint density at radius 2 is 2.18 bits per heavy atom. The Hall–Kier alpha value is -2.11. The fourth-order valence-corrected chi connectivity index (χ4v) is 1.21. The molecule has 4 nitrogen and oxygen atoms in total. The summed E-state index contributed by atoms with van der Waals surface area (Å²) < 4.78 is 33.7. The van der Waals surface area contributed by atoms with Crippen molar-refractivity contribution in [1.82, 2.24) is 0 Å². The van der Waals surface area contributed by atoms with E-state index in [-0.39, 0.29) is 17.1 Å². The van der Waals surface area contributed by atoms with Gasteiger partial charge in [-0.2, -0.15) is 8.78 Å². The lowest BCUT2D eigenvalue weighted by Crippen LogP contribution is -2.06. The van der Waals surface area contributed by atoms with Gasteiger partial charge in [-0.1, -0.05) is 12.1 Å². The molecule has 0 aliphatic rings. The molecule has 0 radical (unpaired) electrons. The van der Waals surface area contributed by atoms with Gasteiger partial charge >= 0.3 is 6.61 Å². The summed E-state index contributed by atoms with van der Waals surface area (Å²) in [6.07, 6.45) is 2.33. The van der Waals surface area contributed by atoms with Gasteiger partial charge in [0.2, 0.25) is 5.91 Å². The third-order valence-electron chi connectivity index (χ3n) is 1.86. The predicted molar refractivity (Wildman–Crippen MR) is 57.9 cm³/mol. The smallest absolute Gasteiger partial charge is 0.387 e. The van der Waals surface area contributed by atoms with Crippen molar-refractivity contribution in [3.63, 3.8) is 0 Å². The molecule has 1 aromatic carbocycles. The summed E-state index contributed by atoms with van der Waals surface area (Å²) in [5.74, 6) is -0.671. The van der Waals surface area contributed by atoms with Gasteiger partial charge in [0.05, 0.1) is 7.11 Å². The molecule has 0 saturated heterocycles. The van der Waals surface area contributed by atoms with E-state index in [9.17, 15) is 13.6 Å². The summed E-state index contributed by atoms with van der Waals surface area (Å²) >= 11 is 0. The standard InChI is InChI=1S/C11H11F2NO3/c1-16-8-4-2-3-7(5-6-9(14)15)10(8)17-11(12)13/h2-6,11H,1H3,(H2,14,15)/b6-5-. The number of rotatable bonds is 5. The lowest BCUT2D eigenvalue weighted by atomic mass is 10.1. The molecule has 0 aliphatic carbocycles. The van der Waals surface area contributed by atoms with Gasteiger partial charge in [0, 0.05) is 11.6 Å². The summed E-state index contributed by atoms with van der Waals surface area (Å²) in [5.41, 5.74) is 5.20. The normalized spacial score (nSPS) is 10.8. The number of methoxy groups -OCH3 is 1. The minimum atomic E-state index is -2.98. The zero-order valence-corrected chi connectivity index (χ0v) is 9.02. The molecule has 0 aromatic heterocycles. The van der Waals surface area contributed by atoms with Gasteiger partial charge in [-0.15, -0.1) is 0 Å². The van der Waals surface area contributed by atoms with E-state index in [0.717, 1.165) is 6.08 Å². The maximum absolute atomic E-state index is 12.2. The molecule has 6 heteroatoms. The number of hydrogen-bond acceptors (Lipinski definition) is 3. The summed E-state index contributed by atoms with van der Waals surface area (Å²) in [7, 11) is 1.33. The predicted octanol–water partition coefficient (Wildman–Crippen LogP) is 1.80. The molecule has 0 unspecified atom stereocenters. The SMILES string of the molecule is COc1cccc(/C=C\C(N)=O)c1OC(F)F. The molecular formula is C11H11F2NO3. The molecule has 0 heterocycles. The van der Waals surface area contributed by atoms with Crippen LogP contribution < -0.4 is 15.2 Å². The zero-order chi connectivity index (χ0) is 12.8. The number of benzene rings is 1. The fraction of sp³-hybridized carbons (Fsp3) is 0.182. The molecule has 1 rings (SSSR count). The van der Waals surface area contributed by atoms with Crippen LogP contribution in [0.4, 0.5) is 8.78 Å². The first-order valence-corrected chi connectivity index (χ1v) is 4.64. The number of amides is 1. The second-order valence-electron chi connectivity index (χ2n) is 2.99. The van der Waals surface area contributed by atoms with Crippen LogP contribution in [-0.4, -0.2) is 19.6 Å². The van der Waals surface area contributed by atoms with Crippen LogP contribution in [-0.2, 0) is 4.79 Å². The fourth-order valence-electron chi connectivity index (χ4n) is 1.21. The molecule has 0 atom stereocenters. The van der Waals surface area contributed by atoms with Gasteiger partial charge in [-0.05, 0) is 12.1 Å². The number of hydrogen-bond donors (Lipinski definition) is 1. The van der Waals surface area contributed by atoms with Crippen molar-refractivity contribution in [2.75, 3.05) is 7.11 Å². The minimum Gasteiger partial charge on any atom is -0.493 e. The van der Waals surface area contributed by atoms with Crippen LogP contribution in [0.1, 0.15) is 5.56 Å². The van der Waals surface area contributed by atoms with Gasteiger partial charge in [-0.25, -0.2) is 0 Å². The highest BCUT2D eigenvalue weighted by Crippen LogP contribution is 2.33. The van der Waals surface area contributed by atoms with E-state index in [1.54, 1.807) is 6.07 Å². The Morgan fingerprint density at radius 1 is 1.47 bits per heavy atom. The highest BCUT2D eigenvalue weighted by Gasteiger charge is 2.13. The van der Waals surface area contributed by atoms with E-state index < -0.39 is 12.5 Å². The first kappa shape index (κ1) is 13.0. The Labute approximate surface area is 96.6 Å². The number of primary amides is 1. The zero-order valence-electron chi connectivity index (χ0n) is 9.02. The van der Waals surface area contributed by atoms with Gasteiger partial charge in [0.25, 0.3) is 0 Å². The van der Waals surface area contributed by atoms with Crippen molar-refractivity contribution in [2.45, 2.75) is 6.61 Å². The topological polar surface area (TPSA) is 61.5 Å². The second-order valence-corrected chi connectivity index (χ2v) is 2.99. The number of carbonyl (C=O) groups is 1.